The van der Waals surface area contributed by atoms with Gasteiger partial charge in [-0.2, -0.15) is 0 Å². The number of aromatic nitrogens is 3. The van der Waals surface area contributed by atoms with Crippen LogP contribution in [0.4, 0.5) is 0 Å². The van der Waals surface area contributed by atoms with Gasteiger partial charge in [0.05, 0.1) is 12.4 Å². The molecule has 2 heterocycles. The van der Waals surface area contributed by atoms with Crippen LogP contribution in [0.15, 0.2) is 43.0 Å². The number of aromatic amines is 2. The number of fused-ring (bicyclic) bond motifs is 1. The molecular weight excluding hydrogens is 566 g/mol. The van der Waals surface area contributed by atoms with Gasteiger partial charge < -0.3 is 47.0 Å². The van der Waals surface area contributed by atoms with Gasteiger partial charge >= 0.3 is 17.9 Å². The number of benzene rings is 1. The Bertz CT molecular complexity index is 1450. The van der Waals surface area contributed by atoms with Crippen molar-refractivity contribution in [3.63, 3.8) is 0 Å². The Morgan fingerprint density at radius 2 is 1.42 bits per heavy atom. The maximum absolute atomic E-state index is 13.3. The number of amides is 3. The SMILES string of the molecule is NC(CCC(=O)O)C(=O)NC(Cc1cnc[nH]1)C(=O)NC(CCC(=O)O)C(=O)NC(Cc1c[nH]c2ccccc12)C(=O)O. The predicted molar refractivity (Wildman–Crippen MR) is 149 cm³/mol. The smallest absolute Gasteiger partial charge is 0.326 e. The van der Waals surface area contributed by atoms with E-state index in [1.807, 2.05) is 6.07 Å². The van der Waals surface area contributed by atoms with E-state index in [9.17, 15) is 39.0 Å². The van der Waals surface area contributed by atoms with Gasteiger partial charge in [-0.25, -0.2) is 9.78 Å². The van der Waals surface area contributed by atoms with E-state index in [-0.39, 0.29) is 32.1 Å². The van der Waals surface area contributed by atoms with Gasteiger partial charge in [0.1, 0.15) is 18.1 Å². The largest absolute Gasteiger partial charge is 0.481 e. The van der Waals surface area contributed by atoms with Crippen molar-refractivity contribution in [2.75, 3.05) is 0 Å². The summed E-state index contributed by atoms with van der Waals surface area (Å²) >= 11 is 0. The molecule has 3 aromatic rings. The monoisotopic (exact) mass is 599 g/mol. The zero-order chi connectivity index (χ0) is 31.5. The number of hydrogen-bond donors (Lipinski definition) is 9. The molecule has 230 valence electrons. The van der Waals surface area contributed by atoms with Crippen LogP contribution < -0.4 is 21.7 Å². The Hall–Kier alpha value is -5.25. The first kappa shape index (κ1) is 32.3. The number of nitrogens with one attached hydrogen (secondary N) is 5. The summed E-state index contributed by atoms with van der Waals surface area (Å²) in [4.78, 5) is 83.1. The zero-order valence-electron chi connectivity index (χ0n) is 22.9. The quantitative estimate of drug-likeness (QED) is 0.0933. The lowest BCUT2D eigenvalue weighted by Crippen LogP contribution is -2.57. The number of rotatable bonds is 17. The first-order chi connectivity index (χ1) is 20.4. The maximum atomic E-state index is 13.3. The lowest BCUT2D eigenvalue weighted by Gasteiger charge is -2.25. The van der Waals surface area contributed by atoms with Crippen molar-refractivity contribution in [2.24, 2.45) is 5.73 Å². The minimum absolute atomic E-state index is 0.0998. The van der Waals surface area contributed by atoms with Crippen LogP contribution in [-0.4, -0.2) is 90.1 Å². The summed E-state index contributed by atoms with van der Waals surface area (Å²) in [6.45, 7) is 0. The van der Waals surface area contributed by atoms with Crippen molar-refractivity contribution < 1.29 is 44.1 Å². The third kappa shape index (κ3) is 9.67. The van der Waals surface area contributed by atoms with Gasteiger partial charge in [-0.3, -0.25) is 24.0 Å². The van der Waals surface area contributed by atoms with Gasteiger partial charge in [0.25, 0.3) is 0 Å². The number of hydrogen-bond acceptors (Lipinski definition) is 8. The molecule has 0 saturated heterocycles. The average molecular weight is 600 g/mol. The van der Waals surface area contributed by atoms with E-state index in [0.29, 0.717) is 11.3 Å². The maximum Gasteiger partial charge on any atom is 0.326 e. The van der Waals surface area contributed by atoms with Crippen molar-refractivity contribution >= 4 is 46.5 Å². The molecule has 16 heteroatoms. The molecule has 0 fully saturated rings. The number of para-hydroxylation sites is 1. The molecule has 0 bridgehead atoms. The van der Waals surface area contributed by atoms with Crippen LogP contribution in [0.3, 0.4) is 0 Å². The molecule has 2 aromatic heterocycles. The van der Waals surface area contributed by atoms with Gasteiger partial charge in [0.2, 0.25) is 17.7 Å². The highest BCUT2D eigenvalue weighted by molar-refractivity contribution is 5.94. The predicted octanol–water partition coefficient (Wildman–Crippen LogP) is -0.728. The molecule has 0 aliphatic carbocycles. The number of aliphatic carboxylic acids is 3. The molecule has 1 aromatic carbocycles. The van der Waals surface area contributed by atoms with E-state index in [4.69, 9.17) is 10.8 Å². The van der Waals surface area contributed by atoms with Gasteiger partial charge in [-0.05, 0) is 24.5 Å². The Morgan fingerprint density at radius 1 is 0.791 bits per heavy atom. The number of carboxylic acids is 3. The summed E-state index contributed by atoms with van der Waals surface area (Å²) < 4.78 is 0. The molecule has 4 unspecified atom stereocenters. The lowest BCUT2D eigenvalue weighted by atomic mass is 10.0. The highest BCUT2D eigenvalue weighted by atomic mass is 16.4. The van der Waals surface area contributed by atoms with E-state index in [2.05, 4.69) is 30.9 Å². The van der Waals surface area contributed by atoms with Gasteiger partial charge in [-0.15, -0.1) is 0 Å². The molecule has 4 atom stereocenters. The first-order valence-electron chi connectivity index (χ1n) is 13.3. The molecule has 0 aliphatic heterocycles. The van der Waals surface area contributed by atoms with Gasteiger partial charge in [0.15, 0.2) is 0 Å². The van der Waals surface area contributed by atoms with E-state index < -0.39 is 66.2 Å². The van der Waals surface area contributed by atoms with Crippen LogP contribution in [0.25, 0.3) is 10.9 Å². The fourth-order valence-corrected chi connectivity index (χ4v) is 4.32. The number of carbonyl (C=O) groups excluding carboxylic acids is 3. The van der Waals surface area contributed by atoms with Crippen LogP contribution in [0, 0.1) is 0 Å². The summed E-state index contributed by atoms with van der Waals surface area (Å²) in [5.74, 6) is -6.41. The second-order valence-electron chi connectivity index (χ2n) is 9.84. The molecular formula is C27H33N7O9. The normalized spacial score (nSPS) is 13.8. The minimum Gasteiger partial charge on any atom is -0.481 e. The summed E-state index contributed by atoms with van der Waals surface area (Å²) in [5.41, 5.74) is 7.60. The molecule has 3 rings (SSSR count). The van der Waals surface area contributed by atoms with Gasteiger partial charge in [-0.1, -0.05) is 18.2 Å². The summed E-state index contributed by atoms with van der Waals surface area (Å²) in [6, 6.07) is 1.72. The minimum atomic E-state index is -1.48. The zero-order valence-corrected chi connectivity index (χ0v) is 22.9. The number of nitrogens with two attached hydrogens (primary N) is 1. The fourth-order valence-electron chi connectivity index (χ4n) is 4.32. The molecule has 43 heavy (non-hydrogen) atoms. The van der Waals surface area contributed by atoms with Crippen molar-refractivity contribution in [1.29, 1.82) is 0 Å². The van der Waals surface area contributed by atoms with E-state index in [1.165, 1.54) is 12.5 Å². The Morgan fingerprint density at radius 3 is 2.07 bits per heavy atom. The van der Waals surface area contributed by atoms with Crippen molar-refractivity contribution in [3.05, 3.63) is 54.2 Å². The summed E-state index contributed by atoms with van der Waals surface area (Å²) in [5, 5.41) is 35.9. The number of imidazole rings is 1. The summed E-state index contributed by atoms with van der Waals surface area (Å²) in [6.07, 6.45) is 2.64. The van der Waals surface area contributed by atoms with Crippen LogP contribution in [0.2, 0.25) is 0 Å². The van der Waals surface area contributed by atoms with E-state index in [1.54, 1.807) is 24.4 Å². The first-order valence-corrected chi connectivity index (χ1v) is 13.3. The van der Waals surface area contributed by atoms with Crippen LogP contribution in [0.1, 0.15) is 36.9 Å². The second kappa shape index (κ2) is 15.1. The lowest BCUT2D eigenvalue weighted by molar-refractivity contribution is -0.143. The number of H-pyrrole nitrogens is 2. The van der Waals surface area contributed by atoms with Crippen molar-refractivity contribution in [2.45, 2.75) is 62.7 Å². The standard InChI is InChI=1S/C27H33N7O9/c28-17(5-7-22(35)36)24(39)33-20(10-15-12-29-13-31-15)26(41)32-19(6-8-23(37)38)25(40)34-21(27(42)43)9-14-11-30-18-4-2-1-3-16(14)18/h1-4,11-13,17,19-21,30H,5-10,28H2,(H,29,31)(H,32,41)(H,33,39)(H,34,40)(H,35,36)(H,37,38)(H,42,43). The highest BCUT2D eigenvalue weighted by Gasteiger charge is 2.31. The Labute approximate surface area is 244 Å². The van der Waals surface area contributed by atoms with Gasteiger partial charge in [0, 0.05) is 54.7 Å². The van der Waals surface area contributed by atoms with Crippen LogP contribution >= 0.6 is 0 Å². The Balaban J connectivity index is 1.77. The van der Waals surface area contributed by atoms with Crippen LogP contribution in [0.5, 0.6) is 0 Å². The molecule has 0 saturated carbocycles. The third-order valence-electron chi connectivity index (χ3n) is 6.61. The van der Waals surface area contributed by atoms with Crippen molar-refractivity contribution in [3.8, 4) is 0 Å². The third-order valence-corrected chi connectivity index (χ3v) is 6.61. The second-order valence-corrected chi connectivity index (χ2v) is 9.84. The van der Waals surface area contributed by atoms with E-state index in [0.717, 1.165) is 10.9 Å². The fraction of sp³-hybridized carbons (Fsp3) is 0.370. The highest BCUT2D eigenvalue weighted by Crippen LogP contribution is 2.19. The van der Waals surface area contributed by atoms with Crippen LogP contribution in [-0.2, 0) is 41.6 Å². The molecule has 16 nitrogen and oxygen atoms in total. The number of carboxylic acid groups (broad SMARTS) is 3. The average Bonchev–Trinajstić information content (AvgIpc) is 3.62. The Kier molecular flexibility index (Phi) is 11.3. The number of carbonyl (C=O) groups is 6. The topological polar surface area (TPSA) is 270 Å². The number of nitrogens with zero attached hydrogens (tertiary/aromatic N) is 1. The molecule has 0 spiro atoms. The van der Waals surface area contributed by atoms with E-state index >= 15 is 0 Å². The molecule has 0 aliphatic rings. The molecule has 0 radical (unpaired) electrons. The van der Waals surface area contributed by atoms with Crippen molar-refractivity contribution in [1.82, 2.24) is 30.9 Å². The molecule has 10 N–H and O–H groups in total. The molecule has 3 amide bonds. The summed E-state index contributed by atoms with van der Waals surface area (Å²) in [7, 11) is 0.